The van der Waals surface area contributed by atoms with E-state index in [1.807, 2.05) is 0 Å². The van der Waals surface area contributed by atoms with Crippen LogP contribution in [0.5, 0.6) is 0 Å². The highest BCUT2D eigenvalue weighted by Crippen LogP contribution is 2.04. The summed E-state index contributed by atoms with van der Waals surface area (Å²) in [4.78, 5) is 38.4. The number of rotatable bonds is 4. The largest absolute Gasteiger partial charge is 0.352 e. The molecule has 0 aliphatic rings. The molecule has 7 heteroatoms. The van der Waals surface area contributed by atoms with Gasteiger partial charge in [-0.15, -0.1) is 0 Å². The van der Waals surface area contributed by atoms with Gasteiger partial charge in [-0.3, -0.25) is 30.2 Å². The summed E-state index contributed by atoms with van der Waals surface area (Å²) in [6, 6.07) is 9.91. The molecule has 0 spiro atoms. The van der Waals surface area contributed by atoms with E-state index in [1.54, 1.807) is 42.6 Å². The summed E-state index contributed by atoms with van der Waals surface area (Å²) in [7, 11) is 0. The van der Waals surface area contributed by atoms with E-state index < -0.39 is 11.8 Å². The maximum atomic E-state index is 11.9. The van der Waals surface area contributed by atoms with Crippen LogP contribution in [-0.2, 0) is 11.3 Å². The summed E-state index contributed by atoms with van der Waals surface area (Å²) < 4.78 is 0. The minimum atomic E-state index is -0.450. The number of pyridine rings is 1. The molecule has 0 saturated heterocycles. The first kappa shape index (κ1) is 16.2. The molecule has 0 aliphatic carbocycles. The van der Waals surface area contributed by atoms with Gasteiger partial charge < -0.3 is 5.32 Å². The predicted octanol–water partition coefficient (Wildman–Crippen LogP) is 0.792. The van der Waals surface area contributed by atoms with Gasteiger partial charge in [0.1, 0.15) is 0 Å². The molecule has 0 radical (unpaired) electrons. The number of carbonyl (C=O) groups excluding carboxylic acids is 3. The summed E-state index contributed by atoms with van der Waals surface area (Å²) in [5.41, 5.74) is 6.26. The Morgan fingerprint density at radius 3 is 2.17 bits per heavy atom. The fourth-order valence-electron chi connectivity index (χ4n) is 1.76. The maximum Gasteiger partial charge on any atom is 0.271 e. The van der Waals surface area contributed by atoms with Crippen molar-refractivity contribution < 1.29 is 14.4 Å². The Balaban J connectivity index is 1.88. The highest BCUT2D eigenvalue weighted by Gasteiger charge is 2.09. The topological polar surface area (TPSA) is 100 Å². The lowest BCUT2D eigenvalue weighted by Gasteiger charge is -2.08. The van der Waals surface area contributed by atoms with Gasteiger partial charge in [-0.25, -0.2) is 0 Å². The highest BCUT2D eigenvalue weighted by atomic mass is 16.2. The van der Waals surface area contributed by atoms with E-state index in [4.69, 9.17) is 0 Å². The molecule has 0 saturated carbocycles. The lowest BCUT2D eigenvalue weighted by atomic mass is 10.1. The van der Waals surface area contributed by atoms with Crippen LogP contribution in [0.4, 0.5) is 0 Å². The molecule has 118 valence electrons. The summed E-state index contributed by atoms with van der Waals surface area (Å²) in [5.74, 6) is -1.01. The van der Waals surface area contributed by atoms with Crippen molar-refractivity contribution in [2.75, 3.05) is 0 Å². The smallest absolute Gasteiger partial charge is 0.271 e. The molecule has 0 atom stereocenters. The number of benzene rings is 1. The molecule has 3 N–H and O–H groups in total. The van der Waals surface area contributed by atoms with Gasteiger partial charge >= 0.3 is 0 Å². The first-order chi connectivity index (χ1) is 11.1. The Morgan fingerprint density at radius 2 is 1.61 bits per heavy atom. The number of aromatic nitrogens is 1. The van der Waals surface area contributed by atoms with Gasteiger partial charge in [-0.1, -0.05) is 12.1 Å². The second kappa shape index (κ2) is 7.69. The number of carbonyl (C=O) groups is 3. The molecular formula is C16H16N4O3. The van der Waals surface area contributed by atoms with Gasteiger partial charge in [0, 0.05) is 31.4 Å². The molecule has 0 fully saturated rings. The Morgan fingerprint density at radius 1 is 0.957 bits per heavy atom. The van der Waals surface area contributed by atoms with Crippen molar-refractivity contribution in [3.63, 3.8) is 0 Å². The van der Waals surface area contributed by atoms with E-state index in [-0.39, 0.29) is 5.91 Å². The summed E-state index contributed by atoms with van der Waals surface area (Å²) in [6.45, 7) is 1.84. The third-order valence-corrected chi connectivity index (χ3v) is 2.97. The van der Waals surface area contributed by atoms with Crippen LogP contribution in [0.25, 0.3) is 0 Å². The Kier molecular flexibility index (Phi) is 5.40. The Labute approximate surface area is 133 Å². The van der Waals surface area contributed by atoms with Crippen molar-refractivity contribution in [1.29, 1.82) is 0 Å². The van der Waals surface area contributed by atoms with Crippen molar-refractivity contribution in [3.05, 3.63) is 65.5 Å². The number of nitrogens with zero attached hydrogens (tertiary/aromatic N) is 1. The molecular weight excluding hydrogens is 296 g/mol. The monoisotopic (exact) mass is 312 g/mol. The second-order valence-corrected chi connectivity index (χ2v) is 4.76. The van der Waals surface area contributed by atoms with E-state index in [0.29, 0.717) is 17.7 Å². The van der Waals surface area contributed by atoms with Crippen LogP contribution >= 0.6 is 0 Å². The zero-order valence-electron chi connectivity index (χ0n) is 12.5. The van der Waals surface area contributed by atoms with Crippen molar-refractivity contribution in [2.45, 2.75) is 13.5 Å². The van der Waals surface area contributed by atoms with Crippen molar-refractivity contribution in [2.24, 2.45) is 0 Å². The number of hydrazine groups is 1. The average molecular weight is 312 g/mol. The Hall–Kier alpha value is -3.22. The lowest BCUT2D eigenvalue weighted by molar-refractivity contribution is -0.119. The van der Waals surface area contributed by atoms with E-state index in [1.165, 1.54) is 13.1 Å². The van der Waals surface area contributed by atoms with E-state index in [2.05, 4.69) is 21.2 Å². The average Bonchev–Trinajstić information content (AvgIpc) is 2.58. The summed E-state index contributed by atoms with van der Waals surface area (Å²) in [6.07, 6.45) is 2.95. The number of hydrogen-bond donors (Lipinski definition) is 3. The SMILES string of the molecule is CC(=O)NCc1ccc(C(=O)NNC(=O)c2cccnc2)cc1. The van der Waals surface area contributed by atoms with Crippen molar-refractivity contribution >= 4 is 17.7 Å². The van der Waals surface area contributed by atoms with Crippen LogP contribution in [-0.4, -0.2) is 22.7 Å². The fraction of sp³-hybridized carbons (Fsp3) is 0.125. The fourth-order valence-corrected chi connectivity index (χ4v) is 1.76. The van der Waals surface area contributed by atoms with Gasteiger partial charge in [0.05, 0.1) is 5.56 Å². The number of amides is 3. The molecule has 0 aliphatic heterocycles. The van der Waals surface area contributed by atoms with E-state index in [9.17, 15) is 14.4 Å². The van der Waals surface area contributed by atoms with Crippen molar-refractivity contribution in [3.8, 4) is 0 Å². The second-order valence-electron chi connectivity index (χ2n) is 4.76. The van der Waals surface area contributed by atoms with Crippen molar-refractivity contribution in [1.82, 2.24) is 21.2 Å². The van der Waals surface area contributed by atoms with E-state index in [0.717, 1.165) is 5.56 Å². The predicted molar refractivity (Wildman–Crippen MR) is 83.1 cm³/mol. The molecule has 7 nitrogen and oxygen atoms in total. The van der Waals surface area contributed by atoms with Crippen LogP contribution in [0.3, 0.4) is 0 Å². The number of nitrogens with one attached hydrogen (secondary N) is 3. The third-order valence-electron chi connectivity index (χ3n) is 2.97. The molecule has 1 heterocycles. The van der Waals surface area contributed by atoms with Crippen LogP contribution < -0.4 is 16.2 Å². The van der Waals surface area contributed by atoms with Gasteiger partial charge in [0.25, 0.3) is 11.8 Å². The van der Waals surface area contributed by atoms with Crippen LogP contribution in [0, 0.1) is 0 Å². The minimum absolute atomic E-state index is 0.120. The normalized spacial score (nSPS) is 9.78. The van der Waals surface area contributed by atoms with Gasteiger partial charge in [0.15, 0.2) is 0 Å². The third kappa shape index (κ3) is 4.92. The summed E-state index contributed by atoms with van der Waals surface area (Å²) in [5, 5.41) is 2.67. The lowest BCUT2D eigenvalue weighted by Crippen LogP contribution is -2.41. The van der Waals surface area contributed by atoms with E-state index >= 15 is 0 Å². The standard InChI is InChI=1S/C16H16N4O3/c1-11(21)18-9-12-4-6-13(7-5-12)15(22)19-20-16(23)14-3-2-8-17-10-14/h2-8,10H,9H2,1H3,(H,18,21)(H,19,22)(H,20,23). The quantitative estimate of drug-likeness (QED) is 0.727. The zero-order valence-corrected chi connectivity index (χ0v) is 12.5. The summed E-state index contributed by atoms with van der Waals surface area (Å²) >= 11 is 0. The molecule has 1 aromatic heterocycles. The molecule has 2 aromatic rings. The molecule has 23 heavy (non-hydrogen) atoms. The molecule has 2 rings (SSSR count). The number of hydrogen-bond acceptors (Lipinski definition) is 4. The van der Waals surface area contributed by atoms with Gasteiger partial charge in [-0.2, -0.15) is 0 Å². The minimum Gasteiger partial charge on any atom is -0.352 e. The Bertz CT molecular complexity index is 699. The molecule has 1 aromatic carbocycles. The van der Waals surface area contributed by atoms with Crippen LogP contribution in [0.2, 0.25) is 0 Å². The van der Waals surface area contributed by atoms with Crippen LogP contribution in [0.15, 0.2) is 48.8 Å². The zero-order chi connectivity index (χ0) is 16.7. The first-order valence-electron chi connectivity index (χ1n) is 6.90. The van der Waals surface area contributed by atoms with Gasteiger partial charge in [0.2, 0.25) is 5.91 Å². The molecule has 0 bridgehead atoms. The molecule has 3 amide bonds. The highest BCUT2D eigenvalue weighted by molar-refractivity contribution is 5.98. The first-order valence-corrected chi connectivity index (χ1v) is 6.90. The van der Waals surface area contributed by atoms with Crippen LogP contribution in [0.1, 0.15) is 33.2 Å². The maximum absolute atomic E-state index is 11.9. The van der Waals surface area contributed by atoms with Gasteiger partial charge in [-0.05, 0) is 29.8 Å². The molecule has 0 unspecified atom stereocenters.